The highest BCUT2D eigenvalue weighted by Crippen LogP contribution is 2.26. The molecule has 0 aromatic heterocycles. The van der Waals surface area contributed by atoms with Crippen LogP contribution in [0, 0.1) is 18.2 Å². The Hall–Kier alpha value is -1.04. The van der Waals surface area contributed by atoms with E-state index in [1.54, 1.807) is 6.07 Å². The number of hydrogen-bond acceptors (Lipinski definition) is 1. The third-order valence-corrected chi connectivity index (χ3v) is 2.83. The summed E-state index contributed by atoms with van der Waals surface area (Å²) in [6.45, 7) is 0. The quantitative estimate of drug-likeness (QED) is 0.612. The maximum Gasteiger partial charge on any atom is 0.124 e. The van der Waals surface area contributed by atoms with Crippen LogP contribution in [-0.2, 0) is 0 Å². The van der Waals surface area contributed by atoms with E-state index in [9.17, 15) is 4.39 Å². The number of unbranched alkanes of at least 4 members (excludes halogenated alkanes) is 1. The van der Waals surface area contributed by atoms with Gasteiger partial charge in [-0.3, -0.25) is 0 Å². The molecule has 86 valence electrons. The molecule has 0 spiro atoms. The van der Waals surface area contributed by atoms with E-state index in [1.165, 1.54) is 12.1 Å². The highest BCUT2D eigenvalue weighted by atomic mass is 35.5. The third-order valence-electron chi connectivity index (χ3n) is 2.50. The van der Waals surface area contributed by atoms with Crippen molar-refractivity contribution in [3.8, 4) is 12.3 Å². The molecule has 0 aliphatic heterocycles. The first kappa shape index (κ1) is 13.0. The number of benzene rings is 1. The van der Waals surface area contributed by atoms with E-state index in [4.69, 9.17) is 18.0 Å². The lowest BCUT2D eigenvalue weighted by Crippen LogP contribution is -2.16. The Balaban J connectivity index is 2.75. The first-order valence-corrected chi connectivity index (χ1v) is 5.62. The SMILES string of the molecule is C#CCCCC(NC)c1ccc(F)cc1Cl. The van der Waals surface area contributed by atoms with Gasteiger partial charge in [0.2, 0.25) is 0 Å². The zero-order chi connectivity index (χ0) is 12.0. The Morgan fingerprint density at radius 2 is 2.31 bits per heavy atom. The van der Waals surface area contributed by atoms with Crippen molar-refractivity contribution in [3.05, 3.63) is 34.6 Å². The van der Waals surface area contributed by atoms with Gasteiger partial charge in [-0.15, -0.1) is 12.3 Å². The summed E-state index contributed by atoms with van der Waals surface area (Å²) in [4.78, 5) is 0. The van der Waals surface area contributed by atoms with Crippen LogP contribution in [-0.4, -0.2) is 7.05 Å². The van der Waals surface area contributed by atoms with Crippen LogP contribution in [0.25, 0.3) is 0 Å². The van der Waals surface area contributed by atoms with Crippen molar-refractivity contribution in [1.29, 1.82) is 0 Å². The minimum Gasteiger partial charge on any atom is -0.313 e. The first-order valence-electron chi connectivity index (χ1n) is 5.24. The predicted molar refractivity (Wildman–Crippen MR) is 65.9 cm³/mol. The summed E-state index contributed by atoms with van der Waals surface area (Å²) in [5.74, 6) is 2.29. The molecule has 1 atom stereocenters. The first-order chi connectivity index (χ1) is 7.69. The van der Waals surface area contributed by atoms with Crippen LogP contribution in [0.1, 0.15) is 30.9 Å². The second-order valence-electron chi connectivity index (χ2n) is 3.60. The second kappa shape index (κ2) is 6.52. The van der Waals surface area contributed by atoms with Gasteiger partial charge in [0.15, 0.2) is 0 Å². The molecule has 0 aliphatic carbocycles. The monoisotopic (exact) mass is 239 g/mol. The van der Waals surface area contributed by atoms with Crippen LogP contribution in [0.4, 0.5) is 4.39 Å². The molecule has 3 heteroatoms. The van der Waals surface area contributed by atoms with Crippen molar-refractivity contribution in [1.82, 2.24) is 5.32 Å². The van der Waals surface area contributed by atoms with Crippen LogP contribution in [0.15, 0.2) is 18.2 Å². The molecule has 16 heavy (non-hydrogen) atoms. The summed E-state index contributed by atoms with van der Waals surface area (Å²) in [6, 6.07) is 4.60. The molecule has 1 unspecified atom stereocenters. The van der Waals surface area contributed by atoms with Crippen molar-refractivity contribution < 1.29 is 4.39 Å². The summed E-state index contributed by atoms with van der Waals surface area (Å²) >= 11 is 6.00. The fraction of sp³-hybridized carbons (Fsp3) is 0.385. The second-order valence-corrected chi connectivity index (χ2v) is 4.01. The van der Waals surface area contributed by atoms with Crippen molar-refractivity contribution in [3.63, 3.8) is 0 Å². The van der Waals surface area contributed by atoms with E-state index in [0.29, 0.717) is 5.02 Å². The van der Waals surface area contributed by atoms with Gasteiger partial charge in [-0.05, 0) is 37.6 Å². The van der Waals surface area contributed by atoms with Gasteiger partial charge in [0, 0.05) is 17.5 Å². The van der Waals surface area contributed by atoms with E-state index in [1.807, 2.05) is 7.05 Å². The Bertz CT molecular complexity index is 384. The van der Waals surface area contributed by atoms with E-state index in [-0.39, 0.29) is 11.9 Å². The molecule has 0 saturated carbocycles. The van der Waals surface area contributed by atoms with Gasteiger partial charge in [0.1, 0.15) is 5.82 Å². The smallest absolute Gasteiger partial charge is 0.124 e. The molecule has 0 fully saturated rings. The fourth-order valence-corrected chi connectivity index (χ4v) is 1.95. The van der Waals surface area contributed by atoms with Gasteiger partial charge in [0.25, 0.3) is 0 Å². The molecule has 0 saturated heterocycles. The Morgan fingerprint density at radius 1 is 1.56 bits per heavy atom. The van der Waals surface area contributed by atoms with Crippen molar-refractivity contribution >= 4 is 11.6 Å². The molecule has 1 N–H and O–H groups in total. The predicted octanol–water partition coefficient (Wildman–Crippen LogP) is 3.54. The molecule has 0 aliphatic rings. The van der Waals surface area contributed by atoms with E-state index in [0.717, 1.165) is 24.8 Å². The normalized spacial score (nSPS) is 12.1. The maximum atomic E-state index is 12.9. The largest absolute Gasteiger partial charge is 0.313 e. The molecule has 0 amide bonds. The van der Waals surface area contributed by atoms with Crippen molar-refractivity contribution in [2.75, 3.05) is 7.05 Å². The van der Waals surface area contributed by atoms with E-state index in [2.05, 4.69) is 11.2 Å². The number of terminal acetylenes is 1. The van der Waals surface area contributed by atoms with Crippen LogP contribution < -0.4 is 5.32 Å². The van der Waals surface area contributed by atoms with Crippen molar-refractivity contribution in [2.24, 2.45) is 0 Å². The zero-order valence-corrected chi connectivity index (χ0v) is 10.0. The molecule has 0 radical (unpaired) electrons. The third kappa shape index (κ3) is 3.52. The lowest BCUT2D eigenvalue weighted by atomic mass is 10.0. The highest BCUT2D eigenvalue weighted by molar-refractivity contribution is 6.31. The summed E-state index contributed by atoms with van der Waals surface area (Å²) in [5, 5.41) is 3.62. The van der Waals surface area contributed by atoms with Crippen LogP contribution in [0.5, 0.6) is 0 Å². The fourth-order valence-electron chi connectivity index (χ4n) is 1.65. The average Bonchev–Trinajstić information content (AvgIpc) is 2.26. The maximum absolute atomic E-state index is 12.9. The van der Waals surface area contributed by atoms with Crippen LogP contribution in [0.3, 0.4) is 0 Å². The number of hydrogen-bond donors (Lipinski definition) is 1. The number of halogens is 2. The van der Waals surface area contributed by atoms with Gasteiger partial charge >= 0.3 is 0 Å². The molecule has 0 heterocycles. The molecule has 1 rings (SSSR count). The van der Waals surface area contributed by atoms with Gasteiger partial charge < -0.3 is 5.32 Å². The standard InChI is InChI=1S/C13H15ClFN/c1-3-4-5-6-13(16-2)11-8-7-10(15)9-12(11)14/h1,7-9,13,16H,4-6H2,2H3. The van der Waals surface area contributed by atoms with Gasteiger partial charge in [-0.25, -0.2) is 4.39 Å². The summed E-state index contributed by atoms with van der Waals surface area (Å²) in [5.41, 5.74) is 0.919. The van der Waals surface area contributed by atoms with Crippen molar-refractivity contribution in [2.45, 2.75) is 25.3 Å². The Morgan fingerprint density at radius 3 is 2.88 bits per heavy atom. The number of rotatable bonds is 5. The molecule has 1 nitrogen and oxygen atoms in total. The van der Waals surface area contributed by atoms with Gasteiger partial charge in [-0.2, -0.15) is 0 Å². The molecule has 1 aromatic rings. The summed E-state index contributed by atoms with van der Waals surface area (Å²) < 4.78 is 12.9. The van der Waals surface area contributed by atoms with E-state index >= 15 is 0 Å². The average molecular weight is 240 g/mol. The van der Waals surface area contributed by atoms with Gasteiger partial charge in [-0.1, -0.05) is 17.7 Å². The molecule has 1 aromatic carbocycles. The van der Waals surface area contributed by atoms with Crippen LogP contribution in [0.2, 0.25) is 5.02 Å². The van der Waals surface area contributed by atoms with E-state index < -0.39 is 0 Å². The topological polar surface area (TPSA) is 12.0 Å². The highest BCUT2D eigenvalue weighted by Gasteiger charge is 2.12. The summed E-state index contributed by atoms with van der Waals surface area (Å²) in [6.07, 6.45) is 7.77. The lowest BCUT2D eigenvalue weighted by molar-refractivity contribution is 0.530. The minimum absolute atomic E-state index is 0.126. The summed E-state index contributed by atoms with van der Waals surface area (Å²) in [7, 11) is 1.86. The Labute approximate surface area is 101 Å². The molecule has 0 bridgehead atoms. The lowest BCUT2D eigenvalue weighted by Gasteiger charge is -2.17. The zero-order valence-electron chi connectivity index (χ0n) is 9.26. The molecular weight excluding hydrogens is 225 g/mol. The van der Waals surface area contributed by atoms with Crippen LogP contribution >= 0.6 is 11.6 Å². The number of nitrogens with one attached hydrogen (secondary N) is 1. The minimum atomic E-state index is -0.313. The molecular formula is C13H15ClFN. The van der Waals surface area contributed by atoms with Gasteiger partial charge in [0.05, 0.1) is 0 Å². The Kier molecular flexibility index (Phi) is 5.31.